The van der Waals surface area contributed by atoms with Gasteiger partial charge in [-0.15, -0.1) is 11.8 Å². The highest BCUT2D eigenvalue weighted by Crippen LogP contribution is 2.39. The first-order valence-electron chi connectivity index (χ1n) is 7.64. The van der Waals surface area contributed by atoms with Crippen LogP contribution in [0.15, 0.2) is 58.4 Å². The maximum Gasteiger partial charge on any atom is 0.193 e. The molecule has 3 nitrogen and oxygen atoms in total. The van der Waals surface area contributed by atoms with E-state index in [1.165, 1.54) is 16.0 Å². The lowest BCUT2D eigenvalue weighted by atomic mass is 10.0. The summed E-state index contributed by atoms with van der Waals surface area (Å²) in [5.41, 5.74) is 9.71. The smallest absolute Gasteiger partial charge is 0.193 e. The van der Waals surface area contributed by atoms with Crippen molar-refractivity contribution in [2.75, 3.05) is 17.6 Å². The maximum absolute atomic E-state index is 6.01. The number of nitrogens with zero attached hydrogens (tertiary/aromatic N) is 1. The Labute approximate surface area is 136 Å². The van der Waals surface area contributed by atoms with E-state index in [1.54, 1.807) is 0 Å². The molecule has 114 valence electrons. The molecule has 1 unspecified atom stereocenters. The zero-order valence-electron chi connectivity index (χ0n) is 12.8. The average molecular weight is 311 g/mol. The van der Waals surface area contributed by atoms with E-state index < -0.39 is 0 Å². The van der Waals surface area contributed by atoms with Crippen molar-refractivity contribution in [2.45, 2.75) is 24.2 Å². The molecule has 0 saturated carbocycles. The van der Waals surface area contributed by atoms with Gasteiger partial charge in [0.2, 0.25) is 0 Å². The van der Waals surface area contributed by atoms with Gasteiger partial charge in [-0.2, -0.15) is 0 Å². The molecule has 0 aliphatic carbocycles. The zero-order chi connectivity index (χ0) is 15.4. The molecule has 0 fully saturated rings. The molecule has 4 heteroatoms. The molecule has 1 atom stereocenters. The molecule has 0 radical (unpaired) electrons. The molecule has 1 aliphatic heterocycles. The second-order valence-corrected chi connectivity index (χ2v) is 6.51. The first kappa shape index (κ1) is 15.0. The van der Waals surface area contributed by atoms with Gasteiger partial charge in [-0.3, -0.25) is 4.99 Å². The van der Waals surface area contributed by atoms with Crippen LogP contribution in [0.1, 0.15) is 24.0 Å². The lowest BCUT2D eigenvalue weighted by Gasteiger charge is -2.10. The summed E-state index contributed by atoms with van der Waals surface area (Å²) in [6.07, 6.45) is 1.04. The fourth-order valence-corrected chi connectivity index (χ4v) is 3.84. The Hall–Kier alpha value is -1.94. The van der Waals surface area contributed by atoms with Gasteiger partial charge < -0.3 is 11.1 Å². The van der Waals surface area contributed by atoms with E-state index in [0.29, 0.717) is 11.9 Å². The highest BCUT2D eigenvalue weighted by molar-refractivity contribution is 7.99. The van der Waals surface area contributed by atoms with Crippen molar-refractivity contribution in [3.8, 4) is 0 Å². The van der Waals surface area contributed by atoms with Crippen LogP contribution >= 0.6 is 11.8 Å². The van der Waals surface area contributed by atoms with E-state index in [9.17, 15) is 0 Å². The number of benzene rings is 2. The fourth-order valence-electron chi connectivity index (χ4n) is 2.60. The van der Waals surface area contributed by atoms with Gasteiger partial charge in [0.25, 0.3) is 0 Å². The predicted octanol–water partition coefficient (Wildman–Crippen LogP) is 3.87. The van der Waals surface area contributed by atoms with E-state index >= 15 is 0 Å². The summed E-state index contributed by atoms with van der Waals surface area (Å²) in [5.74, 6) is 2.03. The van der Waals surface area contributed by atoms with Gasteiger partial charge in [0.1, 0.15) is 0 Å². The molecular formula is C18H21N3S. The molecule has 2 aromatic rings. The number of anilines is 1. The van der Waals surface area contributed by atoms with E-state index in [4.69, 9.17) is 5.73 Å². The Morgan fingerprint density at radius 3 is 2.77 bits per heavy atom. The molecule has 1 aliphatic rings. The lowest BCUT2D eigenvalue weighted by molar-refractivity contribution is 0.787. The average Bonchev–Trinajstić information content (AvgIpc) is 2.97. The van der Waals surface area contributed by atoms with Gasteiger partial charge in [-0.05, 0) is 35.7 Å². The molecule has 0 saturated heterocycles. The third-order valence-corrected chi connectivity index (χ3v) is 5.17. The number of aliphatic imine (C=N–C) groups is 1. The number of nitrogens with two attached hydrogens (primary N) is 1. The van der Waals surface area contributed by atoms with Crippen LogP contribution in [0, 0.1) is 0 Å². The summed E-state index contributed by atoms with van der Waals surface area (Å²) >= 11 is 1.91. The summed E-state index contributed by atoms with van der Waals surface area (Å²) in [6, 6.07) is 16.9. The summed E-state index contributed by atoms with van der Waals surface area (Å²) in [4.78, 5) is 5.89. The van der Waals surface area contributed by atoms with Crippen LogP contribution in [0.4, 0.5) is 5.69 Å². The van der Waals surface area contributed by atoms with E-state index in [1.807, 2.05) is 23.9 Å². The number of guanidine groups is 1. The molecular weight excluding hydrogens is 290 g/mol. The van der Waals surface area contributed by atoms with Gasteiger partial charge in [0.05, 0.1) is 6.54 Å². The molecule has 3 N–H and O–H groups in total. The molecule has 0 spiro atoms. The summed E-state index contributed by atoms with van der Waals surface area (Å²) in [6.45, 7) is 2.88. The first-order valence-corrected chi connectivity index (χ1v) is 8.62. The van der Waals surface area contributed by atoms with E-state index in [-0.39, 0.29) is 0 Å². The second-order valence-electron chi connectivity index (χ2n) is 5.45. The van der Waals surface area contributed by atoms with Crippen LogP contribution in [0.25, 0.3) is 0 Å². The first-order chi connectivity index (χ1) is 10.8. The molecule has 22 heavy (non-hydrogen) atoms. The zero-order valence-corrected chi connectivity index (χ0v) is 13.6. The SMILES string of the molecule is CCc1ccc(NC(N)=NCC2CSc3ccccc32)cc1. The van der Waals surface area contributed by atoms with Crippen LogP contribution < -0.4 is 11.1 Å². The van der Waals surface area contributed by atoms with Crippen LogP contribution in [-0.2, 0) is 6.42 Å². The molecule has 0 aromatic heterocycles. The molecule has 1 heterocycles. The van der Waals surface area contributed by atoms with Crippen molar-refractivity contribution >= 4 is 23.4 Å². The largest absolute Gasteiger partial charge is 0.370 e. The Kier molecular flexibility index (Phi) is 4.68. The predicted molar refractivity (Wildman–Crippen MR) is 95.8 cm³/mol. The van der Waals surface area contributed by atoms with Gasteiger partial charge in [0, 0.05) is 22.3 Å². The monoisotopic (exact) mass is 311 g/mol. The van der Waals surface area contributed by atoms with Crippen molar-refractivity contribution < 1.29 is 0 Å². The topological polar surface area (TPSA) is 50.4 Å². The van der Waals surface area contributed by atoms with Gasteiger partial charge in [-0.25, -0.2) is 0 Å². The summed E-state index contributed by atoms with van der Waals surface area (Å²) in [5, 5.41) is 3.16. The highest BCUT2D eigenvalue weighted by Gasteiger charge is 2.22. The van der Waals surface area contributed by atoms with Crippen LogP contribution in [0.3, 0.4) is 0 Å². The minimum Gasteiger partial charge on any atom is -0.370 e. The van der Waals surface area contributed by atoms with Crippen LogP contribution in [-0.4, -0.2) is 18.3 Å². The Morgan fingerprint density at radius 2 is 2.00 bits per heavy atom. The Bertz CT molecular complexity index is 664. The summed E-state index contributed by atoms with van der Waals surface area (Å²) in [7, 11) is 0. The quantitative estimate of drug-likeness (QED) is 0.666. The van der Waals surface area contributed by atoms with Crippen molar-refractivity contribution in [1.29, 1.82) is 0 Å². The lowest BCUT2D eigenvalue weighted by Crippen LogP contribution is -2.23. The van der Waals surface area contributed by atoms with E-state index in [2.05, 4.69) is 53.6 Å². The van der Waals surface area contributed by atoms with Crippen molar-refractivity contribution in [1.82, 2.24) is 0 Å². The van der Waals surface area contributed by atoms with E-state index in [0.717, 1.165) is 24.4 Å². The molecule has 0 bridgehead atoms. The number of thioether (sulfide) groups is 1. The number of nitrogens with one attached hydrogen (secondary N) is 1. The van der Waals surface area contributed by atoms with Gasteiger partial charge in [0.15, 0.2) is 5.96 Å². The molecule has 0 amide bonds. The Morgan fingerprint density at radius 1 is 1.23 bits per heavy atom. The number of hydrogen-bond donors (Lipinski definition) is 2. The van der Waals surface area contributed by atoms with Gasteiger partial charge >= 0.3 is 0 Å². The standard InChI is InChI=1S/C18H21N3S/c1-2-13-7-9-15(10-8-13)21-18(19)20-11-14-12-22-17-6-4-3-5-16(14)17/h3-10,14H,2,11-12H2,1H3,(H3,19,20,21). The molecule has 2 aromatic carbocycles. The molecule has 3 rings (SSSR count). The highest BCUT2D eigenvalue weighted by atomic mass is 32.2. The fraction of sp³-hybridized carbons (Fsp3) is 0.278. The van der Waals surface area contributed by atoms with Crippen LogP contribution in [0.5, 0.6) is 0 Å². The van der Waals surface area contributed by atoms with Crippen molar-refractivity contribution in [3.05, 3.63) is 59.7 Å². The van der Waals surface area contributed by atoms with Crippen molar-refractivity contribution in [3.63, 3.8) is 0 Å². The van der Waals surface area contributed by atoms with Crippen molar-refractivity contribution in [2.24, 2.45) is 10.7 Å². The third kappa shape index (κ3) is 3.45. The minimum atomic E-state index is 0.462. The minimum absolute atomic E-state index is 0.462. The Balaban J connectivity index is 1.61. The number of rotatable bonds is 4. The second kappa shape index (κ2) is 6.88. The van der Waals surface area contributed by atoms with Gasteiger partial charge in [-0.1, -0.05) is 37.3 Å². The van der Waals surface area contributed by atoms with Crippen LogP contribution in [0.2, 0.25) is 0 Å². The maximum atomic E-state index is 6.01. The number of aryl methyl sites for hydroxylation is 1. The summed E-state index contributed by atoms with van der Waals surface area (Å²) < 4.78 is 0. The third-order valence-electron chi connectivity index (χ3n) is 3.92. The normalized spacial score (nSPS) is 17.3. The number of hydrogen-bond acceptors (Lipinski definition) is 2. The number of fused-ring (bicyclic) bond motifs is 1.